The molecule has 0 saturated carbocycles. The highest BCUT2D eigenvalue weighted by Crippen LogP contribution is 2.47. The average molecular weight is 446 g/mol. The van der Waals surface area contributed by atoms with Gasteiger partial charge in [0, 0.05) is 22.3 Å². The number of para-hydroxylation sites is 2. The van der Waals surface area contributed by atoms with Crippen LogP contribution < -0.4 is 15.5 Å². The third-order valence-corrected chi connectivity index (χ3v) is 7.02. The minimum Gasteiger partial charge on any atom is -0.373 e. The first kappa shape index (κ1) is 21.2. The molecular weight excluding hydrogens is 414 g/mol. The molecule has 2 unspecified atom stereocenters. The predicted molar refractivity (Wildman–Crippen MR) is 137 cm³/mol. The number of hydrogen-bond acceptors (Lipinski definition) is 3. The van der Waals surface area contributed by atoms with Gasteiger partial charge in [-0.15, -0.1) is 0 Å². The van der Waals surface area contributed by atoms with Gasteiger partial charge < -0.3 is 15.5 Å². The molecule has 0 bridgehead atoms. The summed E-state index contributed by atoms with van der Waals surface area (Å²) in [7, 11) is 0. The molecular formula is C28H32ClN3. The quantitative estimate of drug-likeness (QED) is 0.419. The molecule has 3 nitrogen and oxygen atoms in total. The van der Waals surface area contributed by atoms with Gasteiger partial charge in [0.1, 0.15) is 6.17 Å². The normalized spacial score (nSPS) is 18.6. The fraction of sp³-hybridized carbons (Fsp3) is 0.357. The monoisotopic (exact) mass is 445 g/mol. The highest BCUT2D eigenvalue weighted by atomic mass is 35.5. The second-order valence-corrected chi connectivity index (χ2v) is 9.75. The summed E-state index contributed by atoms with van der Waals surface area (Å²) in [6.45, 7) is 6.78. The molecule has 4 heteroatoms. The second kappa shape index (κ2) is 8.71. The zero-order chi connectivity index (χ0) is 22.2. The van der Waals surface area contributed by atoms with Crippen LogP contribution in [-0.2, 0) is 19.3 Å². The van der Waals surface area contributed by atoms with Gasteiger partial charge in [0.2, 0.25) is 0 Å². The molecule has 0 saturated heterocycles. The standard InChI is InChI=1S/C28H32ClN3/c1-4-7-20-13-14-22(29)17-21(20)12-10-19-11-15-26-23(16-19)27-28(32(26)18(2)3)31-25-9-6-5-8-24(25)30-27/h5-6,8-9,11,13-18,27-28,30-31H,4,7,10,12H2,1-3H3. The molecule has 0 aliphatic carbocycles. The maximum atomic E-state index is 6.32. The summed E-state index contributed by atoms with van der Waals surface area (Å²) < 4.78 is 0. The lowest BCUT2D eigenvalue weighted by Gasteiger charge is -2.39. The van der Waals surface area contributed by atoms with E-state index >= 15 is 0 Å². The Kier molecular flexibility index (Phi) is 5.77. The van der Waals surface area contributed by atoms with E-state index < -0.39 is 0 Å². The maximum Gasteiger partial charge on any atom is 0.124 e. The van der Waals surface area contributed by atoms with Crippen molar-refractivity contribution in [2.24, 2.45) is 0 Å². The zero-order valence-electron chi connectivity index (χ0n) is 19.2. The third-order valence-electron chi connectivity index (χ3n) is 6.79. The number of hydrogen-bond donors (Lipinski definition) is 2. The molecule has 2 heterocycles. The number of halogens is 1. The van der Waals surface area contributed by atoms with Gasteiger partial charge in [-0.25, -0.2) is 0 Å². The largest absolute Gasteiger partial charge is 0.373 e. The van der Waals surface area contributed by atoms with Crippen molar-refractivity contribution in [3.8, 4) is 0 Å². The van der Waals surface area contributed by atoms with Crippen molar-refractivity contribution in [1.82, 2.24) is 0 Å². The van der Waals surface area contributed by atoms with Crippen LogP contribution >= 0.6 is 11.6 Å². The Hall–Kier alpha value is -2.65. The van der Waals surface area contributed by atoms with E-state index in [1.165, 1.54) is 39.3 Å². The minimum absolute atomic E-state index is 0.222. The molecule has 2 aliphatic heterocycles. The Labute approximate surface area is 196 Å². The number of fused-ring (bicyclic) bond motifs is 4. The lowest BCUT2D eigenvalue weighted by Crippen LogP contribution is -2.48. The summed E-state index contributed by atoms with van der Waals surface area (Å²) in [6.07, 6.45) is 4.53. The molecule has 0 amide bonds. The van der Waals surface area contributed by atoms with Crippen molar-refractivity contribution in [2.75, 3.05) is 15.5 Å². The number of rotatable bonds is 6. The second-order valence-electron chi connectivity index (χ2n) is 9.31. The smallest absolute Gasteiger partial charge is 0.124 e. The van der Waals surface area contributed by atoms with Crippen LogP contribution in [0, 0.1) is 0 Å². The molecule has 3 aromatic rings. The van der Waals surface area contributed by atoms with Crippen LogP contribution in [0.4, 0.5) is 17.1 Å². The van der Waals surface area contributed by atoms with Gasteiger partial charge in [0.05, 0.1) is 17.4 Å². The first-order chi connectivity index (χ1) is 15.5. The Morgan fingerprint density at radius 1 is 0.875 bits per heavy atom. The van der Waals surface area contributed by atoms with Gasteiger partial charge in [0.15, 0.2) is 0 Å². The van der Waals surface area contributed by atoms with Crippen LogP contribution in [0.25, 0.3) is 0 Å². The Bertz CT molecular complexity index is 1120. The van der Waals surface area contributed by atoms with Crippen LogP contribution in [0.5, 0.6) is 0 Å². The van der Waals surface area contributed by atoms with Crippen molar-refractivity contribution in [2.45, 2.75) is 64.7 Å². The highest BCUT2D eigenvalue weighted by molar-refractivity contribution is 6.30. The van der Waals surface area contributed by atoms with Crippen molar-refractivity contribution in [3.63, 3.8) is 0 Å². The Morgan fingerprint density at radius 2 is 1.66 bits per heavy atom. The molecule has 2 atom stereocenters. The number of nitrogens with zero attached hydrogens (tertiary/aromatic N) is 1. The van der Waals surface area contributed by atoms with Gasteiger partial charge in [-0.1, -0.05) is 55.3 Å². The third kappa shape index (κ3) is 3.84. The number of aryl methyl sites for hydroxylation is 3. The van der Waals surface area contributed by atoms with Crippen LogP contribution in [0.15, 0.2) is 60.7 Å². The molecule has 0 radical (unpaired) electrons. The van der Waals surface area contributed by atoms with Gasteiger partial charge in [-0.2, -0.15) is 0 Å². The van der Waals surface area contributed by atoms with E-state index in [4.69, 9.17) is 11.6 Å². The SMILES string of the molecule is CCCc1ccc(Cl)cc1CCc1ccc2c(c1)C1Nc3ccccc3NC1N2C(C)C. The molecule has 32 heavy (non-hydrogen) atoms. The zero-order valence-corrected chi connectivity index (χ0v) is 19.9. The van der Waals surface area contributed by atoms with Gasteiger partial charge in [0.25, 0.3) is 0 Å². The molecule has 0 fully saturated rings. The fourth-order valence-electron chi connectivity index (χ4n) is 5.31. The fourth-order valence-corrected chi connectivity index (χ4v) is 5.51. The summed E-state index contributed by atoms with van der Waals surface area (Å²) in [5.74, 6) is 0. The van der Waals surface area contributed by atoms with Crippen LogP contribution in [0.3, 0.4) is 0 Å². The summed E-state index contributed by atoms with van der Waals surface area (Å²) >= 11 is 6.32. The topological polar surface area (TPSA) is 27.3 Å². The average Bonchev–Trinajstić information content (AvgIpc) is 3.10. The number of benzene rings is 3. The lowest BCUT2D eigenvalue weighted by atomic mass is 9.95. The molecule has 2 N–H and O–H groups in total. The molecule has 3 aromatic carbocycles. The van der Waals surface area contributed by atoms with E-state index in [9.17, 15) is 0 Å². The summed E-state index contributed by atoms with van der Waals surface area (Å²) in [5, 5.41) is 8.44. The van der Waals surface area contributed by atoms with Crippen molar-refractivity contribution in [1.29, 1.82) is 0 Å². The van der Waals surface area contributed by atoms with Gasteiger partial charge in [-0.05, 0) is 80.1 Å². The molecule has 0 spiro atoms. The summed E-state index contributed by atoms with van der Waals surface area (Å²) in [5.41, 5.74) is 9.28. The summed E-state index contributed by atoms with van der Waals surface area (Å²) in [4.78, 5) is 2.52. The van der Waals surface area contributed by atoms with E-state index in [1.807, 2.05) is 6.07 Å². The number of anilines is 3. The Morgan fingerprint density at radius 3 is 2.41 bits per heavy atom. The highest BCUT2D eigenvalue weighted by Gasteiger charge is 2.42. The molecule has 5 rings (SSSR count). The first-order valence-corrected chi connectivity index (χ1v) is 12.2. The van der Waals surface area contributed by atoms with Gasteiger partial charge >= 0.3 is 0 Å². The molecule has 0 aromatic heterocycles. The van der Waals surface area contributed by atoms with Crippen LogP contribution in [0.2, 0.25) is 5.02 Å². The van der Waals surface area contributed by atoms with Crippen molar-refractivity contribution >= 4 is 28.7 Å². The van der Waals surface area contributed by atoms with Crippen molar-refractivity contribution in [3.05, 3.63) is 87.9 Å². The van der Waals surface area contributed by atoms with Crippen LogP contribution in [0.1, 0.15) is 55.5 Å². The lowest BCUT2D eigenvalue weighted by molar-refractivity contribution is 0.560. The van der Waals surface area contributed by atoms with E-state index in [-0.39, 0.29) is 12.2 Å². The maximum absolute atomic E-state index is 6.32. The minimum atomic E-state index is 0.222. The molecule has 166 valence electrons. The molecule has 2 aliphatic rings. The van der Waals surface area contributed by atoms with E-state index in [1.54, 1.807) is 0 Å². The van der Waals surface area contributed by atoms with E-state index in [0.29, 0.717) is 6.04 Å². The number of nitrogens with one attached hydrogen (secondary N) is 2. The Balaban J connectivity index is 1.43. The van der Waals surface area contributed by atoms with E-state index in [2.05, 4.69) is 90.9 Å². The predicted octanol–water partition coefficient (Wildman–Crippen LogP) is 7.21. The van der Waals surface area contributed by atoms with Crippen LogP contribution in [-0.4, -0.2) is 12.2 Å². The van der Waals surface area contributed by atoms with Crippen molar-refractivity contribution < 1.29 is 0 Å². The van der Waals surface area contributed by atoms with E-state index in [0.717, 1.165) is 30.7 Å². The van der Waals surface area contributed by atoms with Gasteiger partial charge in [-0.3, -0.25) is 0 Å². The first-order valence-electron chi connectivity index (χ1n) is 11.9. The summed E-state index contributed by atoms with van der Waals surface area (Å²) in [6, 6.07) is 22.6.